The summed E-state index contributed by atoms with van der Waals surface area (Å²) < 4.78 is 23.1. The lowest BCUT2D eigenvalue weighted by Crippen LogP contribution is -2.20. The Labute approximate surface area is 201 Å². The second-order valence-corrected chi connectivity index (χ2v) is 9.09. The lowest BCUT2D eigenvalue weighted by molar-refractivity contribution is 0.0149. The lowest BCUT2D eigenvalue weighted by Gasteiger charge is -2.21. The van der Waals surface area contributed by atoms with Crippen LogP contribution in [0.15, 0.2) is 53.8 Å². The van der Waals surface area contributed by atoms with Gasteiger partial charge in [0.05, 0.1) is 24.5 Å². The van der Waals surface area contributed by atoms with Gasteiger partial charge in [-0.3, -0.25) is 14.5 Å². The highest BCUT2D eigenvalue weighted by atomic mass is 35.5. The molecule has 0 bridgehead atoms. The van der Waals surface area contributed by atoms with Gasteiger partial charge in [0.1, 0.15) is 11.3 Å². The van der Waals surface area contributed by atoms with E-state index in [2.05, 4.69) is 26.1 Å². The minimum atomic E-state index is -0.453. The van der Waals surface area contributed by atoms with Crippen molar-refractivity contribution >= 4 is 22.5 Å². The van der Waals surface area contributed by atoms with Crippen LogP contribution in [0.5, 0.6) is 0 Å². The van der Waals surface area contributed by atoms with Crippen LogP contribution in [0.3, 0.4) is 0 Å². The van der Waals surface area contributed by atoms with Crippen molar-refractivity contribution in [1.82, 2.24) is 24.5 Å². The molecule has 1 unspecified atom stereocenters. The molecule has 7 nitrogen and oxygen atoms in total. The molecule has 1 saturated carbocycles. The number of benzene rings is 1. The zero-order chi connectivity index (χ0) is 23.7. The summed E-state index contributed by atoms with van der Waals surface area (Å²) in [5.41, 5.74) is 2.14. The summed E-state index contributed by atoms with van der Waals surface area (Å²) in [5, 5.41) is 9.18. The highest BCUT2D eigenvalue weighted by Gasteiger charge is 2.26. The first-order chi connectivity index (χ1) is 16.5. The van der Waals surface area contributed by atoms with E-state index in [0.717, 1.165) is 13.0 Å². The summed E-state index contributed by atoms with van der Waals surface area (Å²) in [5.74, 6) is -0.453. The Kier molecular flexibility index (Phi) is 6.43. The molecule has 4 aromatic rings. The van der Waals surface area contributed by atoms with Gasteiger partial charge in [0.15, 0.2) is 0 Å². The topological polar surface area (TPSA) is 74.8 Å². The van der Waals surface area contributed by atoms with Crippen molar-refractivity contribution in [2.75, 3.05) is 6.61 Å². The number of aryl methyl sites for hydroxylation is 1. The van der Waals surface area contributed by atoms with Crippen molar-refractivity contribution in [1.29, 1.82) is 0 Å². The number of pyridine rings is 1. The van der Waals surface area contributed by atoms with Gasteiger partial charge in [0.25, 0.3) is 5.56 Å². The van der Waals surface area contributed by atoms with E-state index in [9.17, 15) is 9.18 Å². The molecule has 6 rings (SSSR count). The van der Waals surface area contributed by atoms with Gasteiger partial charge in [-0.15, -0.1) is 0 Å². The summed E-state index contributed by atoms with van der Waals surface area (Å²) in [6, 6.07) is 6.74. The molecule has 1 atom stereocenters. The first-order valence-corrected chi connectivity index (χ1v) is 11.8. The van der Waals surface area contributed by atoms with Crippen molar-refractivity contribution in [3.63, 3.8) is 0 Å². The predicted molar refractivity (Wildman–Crippen MR) is 128 cm³/mol. The molecule has 1 saturated heterocycles. The molecular formula is C25H25ClFN5O2. The summed E-state index contributed by atoms with van der Waals surface area (Å²) in [7, 11) is 1.54. The van der Waals surface area contributed by atoms with Crippen LogP contribution in [-0.4, -0.2) is 31.2 Å². The number of rotatable bonds is 3. The van der Waals surface area contributed by atoms with Gasteiger partial charge < -0.3 is 4.74 Å². The van der Waals surface area contributed by atoms with Crippen LogP contribution in [0.1, 0.15) is 49.8 Å². The van der Waals surface area contributed by atoms with E-state index in [0.29, 0.717) is 33.7 Å². The predicted octanol–water partition coefficient (Wildman–Crippen LogP) is 5.25. The maximum atomic E-state index is 14.0. The Morgan fingerprint density at radius 1 is 1.09 bits per heavy atom. The van der Waals surface area contributed by atoms with Crippen molar-refractivity contribution in [3.05, 3.63) is 75.8 Å². The fraction of sp³-hybridized carbons (Fsp3) is 0.360. The molecule has 0 spiro atoms. The maximum absolute atomic E-state index is 14.0. The molecule has 2 fully saturated rings. The number of fused-ring (bicyclic) bond motifs is 1. The van der Waals surface area contributed by atoms with E-state index in [-0.39, 0.29) is 11.1 Å². The second-order valence-electron chi connectivity index (χ2n) is 8.66. The first kappa shape index (κ1) is 22.7. The Balaban J connectivity index is 0.000000150. The van der Waals surface area contributed by atoms with Crippen molar-refractivity contribution < 1.29 is 9.13 Å². The normalized spacial score (nSPS) is 17.9. The van der Waals surface area contributed by atoms with Gasteiger partial charge >= 0.3 is 0 Å². The highest BCUT2D eigenvalue weighted by molar-refractivity contribution is 6.30. The molecular weight excluding hydrogens is 457 g/mol. The summed E-state index contributed by atoms with van der Waals surface area (Å²) in [4.78, 5) is 16.0. The fourth-order valence-electron chi connectivity index (χ4n) is 4.13. The zero-order valence-electron chi connectivity index (χ0n) is 18.8. The third kappa shape index (κ3) is 4.74. The van der Waals surface area contributed by atoms with Crippen LogP contribution >= 0.6 is 11.6 Å². The summed E-state index contributed by atoms with van der Waals surface area (Å²) >= 11 is 5.75. The standard InChI is InChI=1S/C14H9ClFN3O.C11H16N2O/c1-19-14(20)13-11(7-18-19)9(4-5-17-13)10-3-2-8(15)6-12(10)16;1-2-6-14-11(3-1)9-7-12-13(8-9)10-4-5-10/h2-7H,1H3;7-8,10-11H,1-6H2. The molecule has 0 radical (unpaired) electrons. The molecule has 2 aliphatic rings. The Bertz CT molecular complexity index is 1380. The second kappa shape index (κ2) is 9.64. The molecule has 1 aromatic carbocycles. The van der Waals surface area contributed by atoms with Gasteiger partial charge in [0, 0.05) is 47.6 Å². The number of nitrogens with zero attached hydrogens (tertiary/aromatic N) is 5. The van der Waals surface area contributed by atoms with E-state index in [1.165, 1.54) is 54.4 Å². The Morgan fingerprint density at radius 2 is 1.94 bits per heavy atom. The van der Waals surface area contributed by atoms with Crippen LogP contribution in [-0.2, 0) is 11.8 Å². The average molecular weight is 482 g/mol. The molecule has 4 heterocycles. The Morgan fingerprint density at radius 3 is 2.68 bits per heavy atom. The molecule has 0 amide bonds. The number of hydrogen-bond acceptors (Lipinski definition) is 5. The molecule has 1 aliphatic heterocycles. The number of aromatic nitrogens is 5. The van der Waals surface area contributed by atoms with E-state index in [4.69, 9.17) is 16.3 Å². The third-order valence-corrected chi connectivity index (χ3v) is 6.40. The monoisotopic (exact) mass is 481 g/mol. The lowest BCUT2D eigenvalue weighted by atomic mass is 10.0. The van der Waals surface area contributed by atoms with Crippen LogP contribution in [0.25, 0.3) is 22.0 Å². The smallest absolute Gasteiger partial charge is 0.292 e. The summed E-state index contributed by atoms with van der Waals surface area (Å²) in [6.45, 7) is 0.916. The molecule has 1 aliphatic carbocycles. The van der Waals surface area contributed by atoms with E-state index in [1.807, 2.05) is 6.20 Å². The molecule has 9 heteroatoms. The van der Waals surface area contributed by atoms with Crippen LogP contribution in [0.2, 0.25) is 5.02 Å². The quantitative estimate of drug-likeness (QED) is 0.399. The maximum Gasteiger partial charge on any atom is 0.292 e. The van der Waals surface area contributed by atoms with Crippen molar-refractivity contribution in [3.8, 4) is 11.1 Å². The van der Waals surface area contributed by atoms with Crippen LogP contribution in [0.4, 0.5) is 4.39 Å². The first-order valence-electron chi connectivity index (χ1n) is 11.4. The van der Waals surface area contributed by atoms with Gasteiger partial charge in [0.2, 0.25) is 0 Å². The highest BCUT2D eigenvalue weighted by Crippen LogP contribution is 2.36. The Hall–Kier alpha value is -3.10. The average Bonchev–Trinajstić information content (AvgIpc) is 3.59. The molecule has 0 N–H and O–H groups in total. The van der Waals surface area contributed by atoms with Gasteiger partial charge in [-0.2, -0.15) is 10.2 Å². The van der Waals surface area contributed by atoms with Gasteiger partial charge in [-0.25, -0.2) is 9.07 Å². The third-order valence-electron chi connectivity index (χ3n) is 6.16. The van der Waals surface area contributed by atoms with Crippen LogP contribution < -0.4 is 5.56 Å². The van der Waals surface area contributed by atoms with Gasteiger partial charge in [-0.1, -0.05) is 11.6 Å². The minimum Gasteiger partial charge on any atom is -0.373 e. The molecule has 176 valence electrons. The number of ether oxygens (including phenoxy) is 1. The van der Waals surface area contributed by atoms with E-state index < -0.39 is 5.82 Å². The SMILES string of the molecule is Cn1ncc2c(-c3ccc(Cl)cc3F)ccnc2c1=O.c1nn(C2CC2)cc1C1CCCCO1. The molecule has 34 heavy (non-hydrogen) atoms. The number of halogens is 2. The minimum absolute atomic E-state index is 0.259. The largest absolute Gasteiger partial charge is 0.373 e. The van der Waals surface area contributed by atoms with E-state index in [1.54, 1.807) is 25.2 Å². The molecule has 3 aromatic heterocycles. The summed E-state index contributed by atoms with van der Waals surface area (Å²) in [6.07, 6.45) is 13.7. The van der Waals surface area contributed by atoms with Crippen molar-refractivity contribution in [2.24, 2.45) is 7.05 Å². The van der Waals surface area contributed by atoms with E-state index >= 15 is 0 Å². The van der Waals surface area contributed by atoms with Crippen molar-refractivity contribution in [2.45, 2.75) is 44.2 Å². The number of hydrogen-bond donors (Lipinski definition) is 0. The van der Waals surface area contributed by atoms with Crippen LogP contribution in [0, 0.1) is 5.82 Å². The van der Waals surface area contributed by atoms with Gasteiger partial charge in [-0.05, 0) is 61.9 Å². The zero-order valence-corrected chi connectivity index (χ0v) is 19.6. The fourth-order valence-corrected chi connectivity index (χ4v) is 4.29.